The summed E-state index contributed by atoms with van der Waals surface area (Å²) in [6.45, 7) is 2.67. The quantitative estimate of drug-likeness (QED) is 0.792. The molecule has 0 aliphatic carbocycles. The fourth-order valence-electron chi connectivity index (χ4n) is 1.86. The van der Waals surface area contributed by atoms with Crippen LogP contribution < -0.4 is 5.32 Å². The zero-order valence-corrected chi connectivity index (χ0v) is 11.1. The number of aliphatic hydroxyl groups excluding tert-OH is 1. The molecule has 2 N–H and O–H groups in total. The molecule has 0 aromatic carbocycles. The SMILES string of the molecule is CNc1nnc(C(=O)N2CC(C)OC(CO)C2)s1. The maximum atomic E-state index is 12.2. The van der Waals surface area contributed by atoms with Crippen LogP contribution in [0.2, 0.25) is 0 Å². The second-order valence-corrected chi connectivity index (χ2v) is 5.10. The third kappa shape index (κ3) is 2.77. The standard InChI is InChI=1S/C10H16N4O3S/c1-6-3-14(4-7(5-15)17-6)9(16)8-12-13-10(11-2)18-8/h6-7,15H,3-5H2,1-2H3,(H,11,13). The van der Waals surface area contributed by atoms with Gasteiger partial charge in [-0.05, 0) is 6.92 Å². The number of nitrogens with one attached hydrogen (secondary N) is 1. The molecule has 2 unspecified atom stereocenters. The third-order valence-corrected chi connectivity index (χ3v) is 3.57. The van der Waals surface area contributed by atoms with Gasteiger partial charge < -0.3 is 20.1 Å². The van der Waals surface area contributed by atoms with Gasteiger partial charge in [0.05, 0.1) is 18.8 Å². The number of aliphatic hydroxyl groups is 1. The molecule has 2 rings (SSSR count). The monoisotopic (exact) mass is 272 g/mol. The summed E-state index contributed by atoms with van der Waals surface area (Å²) < 4.78 is 5.49. The first-order valence-corrected chi connectivity index (χ1v) is 6.52. The summed E-state index contributed by atoms with van der Waals surface area (Å²) in [4.78, 5) is 13.9. The lowest BCUT2D eigenvalue weighted by Crippen LogP contribution is -2.50. The summed E-state index contributed by atoms with van der Waals surface area (Å²) in [5.74, 6) is -0.164. The summed E-state index contributed by atoms with van der Waals surface area (Å²) in [6, 6.07) is 0. The molecule has 1 fully saturated rings. The van der Waals surface area contributed by atoms with Gasteiger partial charge in [-0.25, -0.2) is 0 Å². The normalized spacial score (nSPS) is 24.1. The van der Waals surface area contributed by atoms with Crippen LogP contribution in [0.15, 0.2) is 0 Å². The highest BCUT2D eigenvalue weighted by atomic mass is 32.1. The summed E-state index contributed by atoms with van der Waals surface area (Å²) in [5, 5.41) is 20.6. The van der Waals surface area contributed by atoms with Gasteiger partial charge in [0.2, 0.25) is 10.1 Å². The van der Waals surface area contributed by atoms with E-state index in [1.807, 2.05) is 6.92 Å². The molecule has 100 valence electrons. The van der Waals surface area contributed by atoms with Crippen molar-refractivity contribution in [2.75, 3.05) is 32.1 Å². The first-order valence-electron chi connectivity index (χ1n) is 5.71. The molecule has 1 aromatic rings. The number of carbonyl (C=O) groups is 1. The molecular weight excluding hydrogens is 256 g/mol. The van der Waals surface area contributed by atoms with Crippen molar-refractivity contribution >= 4 is 22.4 Å². The highest BCUT2D eigenvalue weighted by Gasteiger charge is 2.30. The molecule has 2 atom stereocenters. The average Bonchev–Trinajstić information content (AvgIpc) is 2.85. The number of aromatic nitrogens is 2. The number of ether oxygens (including phenoxy) is 1. The average molecular weight is 272 g/mol. The second-order valence-electron chi connectivity index (χ2n) is 4.12. The van der Waals surface area contributed by atoms with Gasteiger partial charge in [-0.3, -0.25) is 4.79 Å². The van der Waals surface area contributed by atoms with E-state index in [2.05, 4.69) is 15.5 Å². The lowest BCUT2D eigenvalue weighted by molar-refractivity contribution is -0.0858. The van der Waals surface area contributed by atoms with E-state index in [1.165, 1.54) is 11.3 Å². The smallest absolute Gasteiger partial charge is 0.285 e. The number of amides is 1. The predicted octanol–water partition coefficient (Wildman–Crippen LogP) is -0.198. The molecule has 0 saturated carbocycles. The highest BCUT2D eigenvalue weighted by Crippen LogP contribution is 2.19. The van der Waals surface area contributed by atoms with Gasteiger partial charge in [0.1, 0.15) is 0 Å². The Balaban J connectivity index is 2.07. The van der Waals surface area contributed by atoms with Gasteiger partial charge in [0.15, 0.2) is 0 Å². The van der Waals surface area contributed by atoms with Gasteiger partial charge in [0, 0.05) is 20.1 Å². The second kappa shape index (κ2) is 5.59. The van der Waals surface area contributed by atoms with Crippen molar-refractivity contribution in [3.8, 4) is 0 Å². The topological polar surface area (TPSA) is 87.6 Å². The van der Waals surface area contributed by atoms with E-state index in [0.29, 0.717) is 23.2 Å². The van der Waals surface area contributed by atoms with Gasteiger partial charge in [-0.15, -0.1) is 10.2 Å². The van der Waals surface area contributed by atoms with E-state index >= 15 is 0 Å². The molecule has 8 heteroatoms. The minimum atomic E-state index is -0.325. The Morgan fingerprint density at radius 3 is 3.00 bits per heavy atom. The number of morpholine rings is 1. The number of nitrogens with zero attached hydrogens (tertiary/aromatic N) is 3. The number of hydrogen-bond donors (Lipinski definition) is 2. The highest BCUT2D eigenvalue weighted by molar-refractivity contribution is 7.17. The zero-order chi connectivity index (χ0) is 13.1. The fourth-order valence-corrected chi connectivity index (χ4v) is 2.52. The molecule has 1 aliphatic heterocycles. The Kier molecular flexibility index (Phi) is 4.10. The molecule has 18 heavy (non-hydrogen) atoms. The minimum Gasteiger partial charge on any atom is -0.394 e. The van der Waals surface area contributed by atoms with E-state index in [9.17, 15) is 4.79 Å². The molecule has 7 nitrogen and oxygen atoms in total. The third-order valence-electron chi connectivity index (χ3n) is 2.64. The van der Waals surface area contributed by atoms with Gasteiger partial charge in [-0.2, -0.15) is 0 Å². The maximum absolute atomic E-state index is 12.2. The molecule has 1 amide bonds. The van der Waals surface area contributed by atoms with Gasteiger partial charge in [0.25, 0.3) is 5.91 Å². The Morgan fingerprint density at radius 2 is 2.39 bits per heavy atom. The van der Waals surface area contributed by atoms with E-state index in [0.717, 1.165) is 0 Å². The van der Waals surface area contributed by atoms with Crippen molar-refractivity contribution in [2.24, 2.45) is 0 Å². The first-order chi connectivity index (χ1) is 8.63. The Hall–Kier alpha value is -1.25. The minimum absolute atomic E-state index is 0.0865. The molecule has 2 heterocycles. The van der Waals surface area contributed by atoms with Crippen LogP contribution in [0.1, 0.15) is 16.7 Å². The molecule has 0 radical (unpaired) electrons. The van der Waals surface area contributed by atoms with Crippen LogP contribution in [-0.4, -0.2) is 65.1 Å². The summed E-state index contributed by atoms with van der Waals surface area (Å²) in [5.41, 5.74) is 0. The predicted molar refractivity (Wildman–Crippen MR) is 66.8 cm³/mol. The number of carbonyl (C=O) groups excluding carboxylic acids is 1. The van der Waals surface area contributed by atoms with Crippen LogP contribution in [0.25, 0.3) is 0 Å². The van der Waals surface area contributed by atoms with Crippen LogP contribution in [-0.2, 0) is 4.74 Å². The summed E-state index contributed by atoms with van der Waals surface area (Å²) in [7, 11) is 1.73. The first kappa shape index (κ1) is 13.2. The maximum Gasteiger partial charge on any atom is 0.285 e. The van der Waals surface area contributed by atoms with E-state index in [1.54, 1.807) is 11.9 Å². The molecular formula is C10H16N4O3S. The lowest BCUT2D eigenvalue weighted by Gasteiger charge is -2.35. The molecule has 0 bridgehead atoms. The number of rotatable bonds is 3. The number of anilines is 1. The van der Waals surface area contributed by atoms with Crippen LogP contribution in [0.4, 0.5) is 5.13 Å². The van der Waals surface area contributed by atoms with Crippen molar-refractivity contribution in [3.05, 3.63) is 5.01 Å². The Morgan fingerprint density at radius 1 is 1.61 bits per heavy atom. The van der Waals surface area contributed by atoms with Crippen molar-refractivity contribution in [3.63, 3.8) is 0 Å². The van der Waals surface area contributed by atoms with Crippen molar-refractivity contribution in [2.45, 2.75) is 19.1 Å². The molecule has 0 spiro atoms. The van der Waals surface area contributed by atoms with Crippen molar-refractivity contribution < 1.29 is 14.6 Å². The van der Waals surface area contributed by atoms with Crippen LogP contribution in [0.5, 0.6) is 0 Å². The summed E-state index contributed by atoms with van der Waals surface area (Å²) >= 11 is 1.22. The van der Waals surface area contributed by atoms with Gasteiger partial charge in [-0.1, -0.05) is 11.3 Å². The van der Waals surface area contributed by atoms with Crippen LogP contribution >= 0.6 is 11.3 Å². The van der Waals surface area contributed by atoms with Crippen LogP contribution in [0.3, 0.4) is 0 Å². The zero-order valence-electron chi connectivity index (χ0n) is 10.3. The Labute approximate surface area is 109 Å². The van der Waals surface area contributed by atoms with E-state index in [4.69, 9.17) is 9.84 Å². The van der Waals surface area contributed by atoms with Crippen LogP contribution in [0, 0.1) is 0 Å². The van der Waals surface area contributed by atoms with Crippen molar-refractivity contribution in [1.29, 1.82) is 0 Å². The number of hydrogen-bond acceptors (Lipinski definition) is 7. The fraction of sp³-hybridized carbons (Fsp3) is 0.700. The summed E-state index contributed by atoms with van der Waals surface area (Å²) in [6.07, 6.45) is -0.411. The largest absolute Gasteiger partial charge is 0.394 e. The van der Waals surface area contributed by atoms with Gasteiger partial charge >= 0.3 is 0 Å². The molecule has 1 saturated heterocycles. The van der Waals surface area contributed by atoms with E-state index < -0.39 is 0 Å². The molecule has 1 aromatic heterocycles. The Bertz CT molecular complexity index is 425. The van der Waals surface area contributed by atoms with E-state index in [-0.39, 0.29) is 24.7 Å². The van der Waals surface area contributed by atoms with Crippen molar-refractivity contribution in [1.82, 2.24) is 15.1 Å². The lowest BCUT2D eigenvalue weighted by atomic mass is 10.2. The molecule has 1 aliphatic rings.